The summed E-state index contributed by atoms with van der Waals surface area (Å²) in [5.74, 6) is -1.63. The van der Waals surface area contributed by atoms with E-state index in [2.05, 4.69) is 9.47 Å². The number of nitrogens with one attached hydrogen (secondary N) is 1. The summed E-state index contributed by atoms with van der Waals surface area (Å²) in [7, 11) is 5.14. The van der Waals surface area contributed by atoms with Gasteiger partial charge in [0.25, 0.3) is 12.4 Å². The second-order valence-corrected chi connectivity index (χ2v) is 6.31. The van der Waals surface area contributed by atoms with Crippen LogP contribution in [-0.2, 0) is 33.3 Å². The molecule has 14 heteroatoms. The molecule has 36 heavy (non-hydrogen) atoms. The monoisotopic (exact) mass is 518 g/mol. The van der Waals surface area contributed by atoms with Crippen molar-refractivity contribution >= 4 is 30.9 Å². The van der Waals surface area contributed by atoms with Gasteiger partial charge in [-0.25, -0.2) is 14.0 Å². The number of aliphatic hydroxyl groups is 1. The van der Waals surface area contributed by atoms with Gasteiger partial charge in [-0.05, 0) is 31.0 Å². The molecule has 2 amide bonds. The standard InChI is InChI=1S/C17H19FN2O5.C2H4O3.C2H4O2.CH4O/c1-20(8-7-15(22)19-11-21)16-6-5-14(25-16)10-24-17(23)12-3-2-4-13(18)9-12;1-5-2(3)4;1-4-2-3;1-2/h2-4,7-9,11,14,16H,5-6,10H2,1H3,(H,19,21,22);1H3,(H,3,4);2H,1H3;2H,1H3/b8-7-;;;. The number of carboxylic acid groups (broad SMARTS) is 1. The molecule has 2 unspecified atom stereocenters. The van der Waals surface area contributed by atoms with Gasteiger partial charge in [-0.3, -0.25) is 19.7 Å². The molecule has 3 N–H and O–H groups in total. The maximum absolute atomic E-state index is 13.1. The number of nitrogens with zero attached hydrogens (tertiary/aromatic N) is 1. The first-order chi connectivity index (χ1) is 17.2. The third-order valence-electron chi connectivity index (χ3n) is 3.93. The van der Waals surface area contributed by atoms with E-state index in [9.17, 15) is 18.8 Å². The number of ether oxygens (including phenoxy) is 4. The lowest BCUT2D eigenvalue weighted by atomic mass is 10.2. The van der Waals surface area contributed by atoms with Crippen LogP contribution < -0.4 is 5.32 Å². The van der Waals surface area contributed by atoms with Crippen molar-refractivity contribution in [3.8, 4) is 0 Å². The van der Waals surface area contributed by atoms with Gasteiger partial charge in [0, 0.05) is 26.4 Å². The Morgan fingerprint density at radius 3 is 2.33 bits per heavy atom. The fourth-order valence-electron chi connectivity index (χ4n) is 2.36. The molecule has 0 aliphatic carbocycles. The highest BCUT2D eigenvalue weighted by Gasteiger charge is 2.28. The fraction of sp³-hybridized carbons (Fsp3) is 0.409. The quantitative estimate of drug-likeness (QED) is 0.192. The van der Waals surface area contributed by atoms with E-state index < -0.39 is 23.8 Å². The lowest BCUT2D eigenvalue weighted by molar-refractivity contribution is -0.126. The molecule has 1 aliphatic rings. The van der Waals surface area contributed by atoms with E-state index in [1.54, 1.807) is 11.9 Å². The van der Waals surface area contributed by atoms with Crippen LogP contribution in [0.2, 0.25) is 0 Å². The lowest BCUT2D eigenvalue weighted by Gasteiger charge is -2.22. The van der Waals surface area contributed by atoms with E-state index >= 15 is 0 Å². The topological polar surface area (TPSA) is 178 Å². The van der Waals surface area contributed by atoms with Crippen LogP contribution in [0.15, 0.2) is 36.5 Å². The summed E-state index contributed by atoms with van der Waals surface area (Å²) < 4.78 is 31.5. The van der Waals surface area contributed by atoms with Crippen LogP contribution in [0, 0.1) is 5.82 Å². The number of esters is 1. The van der Waals surface area contributed by atoms with Crippen molar-refractivity contribution in [1.82, 2.24) is 10.2 Å². The van der Waals surface area contributed by atoms with Gasteiger partial charge in [0.15, 0.2) is 0 Å². The molecule has 202 valence electrons. The molecule has 2 rings (SSSR count). The van der Waals surface area contributed by atoms with Gasteiger partial charge in [0.2, 0.25) is 6.41 Å². The van der Waals surface area contributed by atoms with Gasteiger partial charge >= 0.3 is 12.1 Å². The Kier molecular flexibility index (Phi) is 20.4. The first-order valence-electron chi connectivity index (χ1n) is 10.1. The largest absolute Gasteiger partial charge is 0.505 e. The Morgan fingerprint density at radius 1 is 1.22 bits per heavy atom. The van der Waals surface area contributed by atoms with E-state index in [-0.39, 0.29) is 24.5 Å². The molecule has 1 fully saturated rings. The molecule has 0 spiro atoms. The van der Waals surface area contributed by atoms with E-state index in [0.717, 1.165) is 20.3 Å². The SMILES string of the molecule is CN(/C=C\C(=O)NC=O)C1CCC(COC(=O)c2cccc(F)c2)O1.CO.COC(=O)O.COC=O. The summed E-state index contributed by atoms with van der Waals surface area (Å²) in [5, 5.41) is 16.5. The normalized spacial score (nSPS) is 15.3. The first-order valence-corrected chi connectivity index (χ1v) is 10.1. The number of rotatable bonds is 8. The van der Waals surface area contributed by atoms with Crippen LogP contribution in [0.1, 0.15) is 23.2 Å². The maximum atomic E-state index is 13.1. The maximum Gasteiger partial charge on any atom is 0.505 e. The van der Waals surface area contributed by atoms with Crippen molar-refractivity contribution < 1.29 is 57.5 Å². The van der Waals surface area contributed by atoms with Crippen molar-refractivity contribution in [1.29, 1.82) is 0 Å². The summed E-state index contributed by atoms with van der Waals surface area (Å²) in [4.78, 5) is 53.0. The summed E-state index contributed by atoms with van der Waals surface area (Å²) in [6.45, 7) is 0.440. The Morgan fingerprint density at radius 2 is 1.83 bits per heavy atom. The molecule has 1 saturated heterocycles. The second kappa shape index (κ2) is 21.5. The van der Waals surface area contributed by atoms with Crippen molar-refractivity contribution in [2.45, 2.75) is 25.2 Å². The second-order valence-electron chi connectivity index (χ2n) is 6.31. The van der Waals surface area contributed by atoms with Gasteiger partial charge < -0.3 is 34.1 Å². The highest BCUT2D eigenvalue weighted by Crippen LogP contribution is 2.22. The van der Waals surface area contributed by atoms with Crippen molar-refractivity contribution in [2.75, 3.05) is 35.0 Å². The Bertz CT molecular complexity index is 836. The Hall–Kier alpha value is -4.04. The number of carbonyl (C=O) groups is 5. The molecular formula is C22H31FN2O11. The van der Waals surface area contributed by atoms with Crippen LogP contribution >= 0.6 is 0 Å². The minimum atomic E-state index is -1.25. The number of aliphatic hydroxyl groups excluding tert-OH is 1. The van der Waals surface area contributed by atoms with Crippen LogP contribution in [0.5, 0.6) is 0 Å². The average molecular weight is 518 g/mol. The smallest absolute Gasteiger partial charge is 0.471 e. The number of benzene rings is 1. The van der Waals surface area contributed by atoms with Crippen LogP contribution in [0.4, 0.5) is 9.18 Å². The fourth-order valence-corrected chi connectivity index (χ4v) is 2.36. The minimum Gasteiger partial charge on any atom is -0.471 e. The predicted molar refractivity (Wildman–Crippen MR) is 122 cm³/mol. The van der Waals surface area contributed by atoms with Crippen LogP contribution in [0.3, 0.4) is 0 Å². The van der Waals surface area contributed by atoms with Crippen molar-refractivity contribution in [3.05, 3.63) is 47.9 Å². The van der Waals surface area contributed by atoms with Crippen molar-refractivity contribution in [3.63, 3.8) is 0 Å². The summed E-state index contributed by atoms with van der Waals surface area (Å²) >= 11 is 0. The Balaban J connectivity index is 0. The molecule has 0 radical (unpaired) electrons. The van der Waals surface area contributed by atoms with Gasteiger partial charge in [-0.15, -0.1) is 0 Å². The summed E-state index contributed by atoms with van der Waals surface area (Å²) in [6.07, 6.45) is 2.62. The molecule has 0 aromatic heterocycles. The lowest BCUT2D eigenvalue weighted by Crippen LogP contribution is -2.29. The van der Waals surface area contributed by atoms with E-state index in [4.69, 9.17) is 29.3 Å². The third kappa shape index (κ3) is 16.6. The van der Waals surface area contributed by atoms with E-state index in [1.807, 2.05) is 5.32 Å². The molecule has 1 aromatic carbocycles. The zero-order valence-corrected chi connectivity index (χ0v) is 20.3. The third-order valence-corrected chi connectivity index (χ3v) is 3.93. The molecule has 1 heterocycles. The zero-order chi connectivity index (χ0) is 27.9. The summed E-state index contributed by atoms with van der Waals surface area (Å²) in [6, 6.07) is 5.28. The molecule has 1 aliphatic heterocycles. The van der Waals surface area contributed by atoms with Gasteiger partial charge in [0.1, 0.15) is 18.7 Å². The molecular weight excluding hydrogens is 487 g/mol. The predicted octanol–water partition coefficient (Wildman–Crippen LogP) is 0.914. The van der Waals surface area contributed by atoms with Gasteiger partial charge in [0.05, 0.1) is 25.9 Å². The highest BCUT2D eigenvalue weighted by atomic mass is 19.1. The Labute approximate surface area is 207 Å². The van der Waals surface area contributed by atoms with E-state index in [1.165, 1.54) is 37.6 Å². The first kappa shape index (κ1) is 34.1. The number of carbonyl (C=O) groups excluding carboxylic acids is 4. The molecule has 1 aromatic rings. The number of methoxy groups -OCH3 is 2. The zero-order valence-electron chi connectivity index (χ0n) is 20.3. The van der Waals surface area contributed by atoms with Gasteiger partial charge in [-0.1, -0.05) is 6.07 Å². The number of amides is 2. The molecule has 0 bridgehead atoms. The molecule has 2 atom stereocenters. The number of hydrogen-bond donors (Lipinski definition) is 3. The number of imide groups is 1. The van der Waals surface area contributed by atoms with Crippen molar-refractivity contribution in [2.24, 2.45) is 0 Å². The number of halogens is 1. The van der Waals surface area contributed by atoms with E-state index in [0.29, 0.717) is 25.7 Å². The average Bonchev–Trinajstić information content (AvgIpc) is 3.37. The molecule has 13 nitrogen and oxygen atoms in total. The minimum absolute atomic E-state index is 0.0645. The highest BCUT2D eigenvalue weighted by molar-refractivity contribution is 5.94. The van der Waals surface area contributed by atoms with Gasteiger partial charge in [-0.2, -0.15) is 0 Å². The van der Waals surface area contributed by atoms with Crippen LogP contribution in [-0.4, -0.2) is 93.3 Å². The number of hydrogen-bond acceptors (Lipinski definition) is 11. The molecule has 0 saturated carbocycles. The summed E-state index contributed by atoms with van der Waals surface area (Å²) in [5.41, 5.74) is 0.149. The van der Waals surface area contributed by atoms with Crippen LogP contribution in [0.25, 0.3) is 0 Å².